The third-order valence-corrected chi connectivity index (χ3v) is 4.42. The van der Waals surface area contributed by atoms with Gasteiger partial charge in [-0.05, 0) is 17.9 Å². The Morgan fingerprint density at radius 3 is 2.75 bits per heavy atom. The summed E-state index contributed by atoms with van der Waals surface area (Å²) in [5, 5.41) is 13.9. The lowest BCUT2D eigenvalue weighted by Crippen LogP contribution is -2.54. The molecule has 2 rings (SSSR count). The van der Waals surface area contributed by atoms with Gasteiger partial charge >= 0.3 is 0 Å². The topological polar surface area (TPSA) is 102 Å². The summed E-state index contributed by atoms with van der Waals surface area (Å²) in [5.41, 5.74) is 6.45. The van der Waals surface area contributed by atoms with E-state index < -0.39 is 4.92 Å². The molecule has 1 amide bonds. The third kappa shape index (κ3) is 4.82. The number of rotatable bonds is 5. The second-order valence-electron chi connectivity index (χ2n) is 6.65. The molecule has 1 aliphatic heterocycles. The van der Waals surface area contributed by atoms with Crippen molar-refractivity contribution in [3.63, 3.8) is 0 Å². The number of nitro benzene ring substituents is 1. The predicted octanol–water partition coefficient (Wildman–Crippen LogP) is 2.40. The van der Waals surface area contributed by atoms with Crippen LogP contribution in [0.5, 0.6) is 0 Å². The van der Waals surface area contributed by atoms with E-state index in [-0.39, 0.29) is 35.5 Å². The number of nitrogens with zero attached hydrogens (tertiary/aromatic N) is 2. The maximum Gasteiger partial charge on any atom is 0.292 e. The molecular formula is C16H25ClN4O3. The molecule has 1 unspecified atom stereocenters. The van der Waals surface area contributed by atoms with E-state index in [1.54, 1.807) is 18.2 Å². The number of piperidine rings is 1. The summed E-state index contributed by atoms with van der Waals surface area (Å²) in [4.78, 5) is 24.7. The van der Waals surface area contributed by atoms with Gasteiger partial charge in [0.2, 0.25) is 5.91 Å². The molecule has 0 radical (unpaired) electrons. The summed E-state index contributed by atoms with van der Waals surface area (Å²) in [6, 6.07) is 6.54. The number of nitro groups is 1. The predicted molar refractivity (Wildman–Crippen MR) is 96.4 cm³/mol. The molecule has 134 valence electrons. The monoisotopic (exact) mass is 356 g/mol. The molecule has 1 aromatic carbocycles. The molecule has 3 N–H and O–H groups in total. The van der Waals surface area contributed by atoms with E-state index in [0.717, 1.165) is 6.42 Å². The van der Waals surface area contributed by atoms with Crippen LogP contribution in [0.1, 0.15) is 26.7 Å². The number of nitrogens with one attached hydrogen (secondary N) is 1. The fourth-order valence-electron chi connectivity index (χ4n) is 2.83. The van der Waals surface area contributed by atoms with Crippen LogP contribution in [0.3, 0.4) is 0 Å². The summed E-state index contributed by atoms with van der Waals surface area (Å²) in [6.07, 6.45) is 1.10. The van der Waals surface area contributed by atoms with E-state index in [2.05, 4.69) is 19.2 Å². The first-order chi connectivity index (χ1) is 10.8. The van der Waals surface area contributed by atoms with E-state index in [1.165, 1.54) is 6.07 Å². The number of hydrogen-bond acceptors (Lipinski definition) is 5. The first kappa shape index (κ1) is 20.2. The van der Waals surface area contributed by atoms with Crippen LogP contribution in [0, 0.1) is 15.5 Å². The van der Waals surface area contributed by atoms with Crippen molar-refractivity contribution in [2.24, 2.45) is 11.1 Å². The normalized spacial score (nSPS) is 19.3. The molecule has 1 aliphatic rings. The molecule has 0 aliphatic carbocycles. The average Bonchev–Trinajstić information content (AvgIpc) is 2.50. The highest BCUT2D eigenvalue weighted by molar-refractivity contribution is 5.85. The van der Waals surface area contributed by atoms with Crippen LogP contribution in [-0.4, -0.2) is 41.4 Å². The van der Waals surface area contributed by atoms with E-state index in [1.807, 2.05) is 4.90 Å². The van der Waals surface area contributed by atoms with Gasteiger partial charge in [-0.3, -0.25) is 14.9 Å². The number of anilines is 1. The highest BCUT2D eigenvalue weighted by Crippen LogP contribution is 2.28. The number of hydrogen-bond donors (Lipinski definition) is 2. The van der Waals surface area contributed by atoms with Gasteiger partial charge in [-0.15, -0.1) is 12.4 Å². The van der Waals surface area contributed by atoms with Gasteiger partial charge in [-0.25, -0.2) is 0 Å². The quantitative estimate of drug-likeness (QED) is 0.623. The summed E-state index contributed by atoms with van der Waals surface area (Å²) < 4.78 is 0. The molecule has 1 aromatic rings. The second kappa shape index (κ2) is 8.30. The minimum atomic E-state index is -0.432. The fourth-order valence-corrected chi connectivity index (χ4v) is 2.83. The zero-order chi connectivity index (χ0) is 17.0. The number of carbonyl (C=O) groups excluding carboxylic acids is 1. The molecule has 0 saturated carbocycles. The van der Waals surface area contributed by atoms with Crippen LogP contribution in [0.2, 0.25) is 0 Å². The van der Waals surface area contributed by atoms with Gasteiger partial charge in [0, 0.05) is 38.2 Å². The van der Waals surface area contributed by atoms with Crippen molar-refractivity contribution in [1.82, 2.24) is 4.90 Å². The summed E-state index contributed by atoms with van der Waals surface area (Å²) in [6.45, 7) is 5.84. The van der Waals surface area contributed by atoms with Crippen LogP contribution in [-0.2, 0) is 4.79 Å². The van der Waals surface area contributed by atoms with Crippen LogP contribution < -0.4 is 11.1 Å². The van der Waals surface area contributed by atoms with Crippen LogP contribution in [0.25, 0.3) is 0 Å². The van der Waals surface area contributed by atoms with Gasteiger partial charge < -0.3 is 16.0 Å². The third-order valence-electron chi connectivity index (χ3n) is 4.42. The van der Waals surface area contributed by atoms with Crippen molar-refractivity contribution in [2.45, 2.75) is 32.7 Å². The average molecular weight is 357 g/mol. The lowest BCUT2D eigenvalue weighted by Gasteiger charge is -2.42. The summed E-state index contributed by atoms with van der Waals surface area (Å²) in [7, 11) is 0. The fraction of sp³-hybridized carbons (Fsp3) is 0.562. The number of nitrogens with two attached hydrogens (primary N) is 1. The van der Waals surface area contributed by atoms with Gasteiger partial charge in [-0.1, -0.05) is 26.0 Å². The van der Waals surface area contributed by atoms with Crippen LogP contribution in [0.15, 0.2) is 24.3 Å². The number of para-hydroxylation sites is 2. The smallest absolute Gasteiger partial charge is 0.292 e. The molecule has 1 atom stereocenters. The van der Waals surface area contributed by atoms with E-state index >= 15 is 0 Å². The minimum Gasteiger partial charge on any atom is -0.379 e. The minimum absolute atomic E-state index is 0. The Kier molecular flexibility index (Phi) is 6.98. The van der Waals surface area contributed by atoms with Gasteiger partial charge in [-0.2, -0.15) is 0 Å². The number of benzene rings is 1. The Balaban J connectivity index is 0.00000288. The standard InChI is InChI=1S/C16H24N4O3.ClH/c1-16(2)11-19(10-8-14(16)17)15(21)7-9-18-12-5-3-4-6-13(12)20(22)23;/h3-6,14,18H,7-11,17H2,1-2H3;1H. The van der Waals surface area contributed by atoms with E-state index in [0.29, 0.717) is 31.7 Å². The Labute approximate surface area is 148 Å². The Morgan fingerprint density at radius 2 is 2.12 bits per heavy atom. The Bertz CT molecular complexity index is 594. The van der Waals surface area contributed by atoms with Gasteiger partial charge in [0.15, 0.2) is 0 Å². The van der Waals surface area contributed by atoms with E-state index in [9.17, 15) is 14.9 Å². The number of amides is 1. The van der Waals surface area contributed by atoms with Gasteiger partial charge in [0.25, 0.3) is 5.69 Å². The maximum absolute atomic E-state index is 12.3. The molecule has 7 nitrogen and oxygen atoms in total. The molecule has 0 bridgehead atoms. The Morgan fingerprint density at radius 1 is 1.46 bits per heavy atom. The van der Waals surface area contributed by atoms with Crippen molar-refractivity contribution < 1.29 is 9.72 Å². The highest BCUT2D eigenvalue weighted by Gasteiger charge is 2.35. The van der Waals surface area contributed by atoms with Crippen molar-refractivity contribution in [3.05, 3.63) is 34.4 Å². The molecule has 1 heterocycles. The molecule has 0 spiro atoms. The first-order valence-electron chi connectivity index (χ1n) is 7.82. The van der Waals surface area contributed by atoms with Crippen LogP contribution >= 0.6 is 12.4 Å². The molecule has 0 aromatic heterocycles. The maximum atomic E-state index is 12.3. The SMILES string of the molecule is CC1(C)CN(C(=O)CCNc2ccccc2[N+](=O)[O-])CCC1N.Cl. The van der Waals surface area contributed by atoms with Crippen molar-refractivity contribution in [2.75, 3.05) is 25.0 Å². The molecule has 8 heteroatoms. The molecule has 1 saturated heterocycles. The van der Waals surface area contributed by atoms with Crippen molar-refractivity contribution in [1.29, 1.82) is 0 Å². The van der Waals surface area contributed by atoms with E-state index in [4.69, 9.17) is 5.73 Å². The zero-order valence-electron chi connectivity index (χ0n) is 14.0. The lowest BCUT2D eigenvalue weighted by atomic mass is 9.79. The van der Waals surface area contributed by atoms with Crippen molar-refractivity contribution >= 4 is 29.7 Å². The zero-order valence-corrected chi connectivity index (χ0v) is 14.8. The molecule has 1 fully saturated rings. The summed E-state index contributed by atoms with van der Waals surface area (Å²) in [5.74, 6) is 0.0519. The Hall–Kier alpha value is -1.86. The van der Waals surface area contributed by atoms with Crippen molar-refractivity contribution in [3.8, 4) is 0 Å². The first-order valence-corrected chi connectivity index (χ1v) is 7.82. The summed E-state index contributed by atoms with van der Waals surface area (Å²) >= 11 is 0. The van der Waals surface area contributed by atoms with Crippen LogP contribution in [0.4, 0.5) is 11.4 Å². The largest absolute Gasteiger partial charge is 0.379 e. The second-order valence-corrected chi connectivity index (χ2v) is 6.65. The highest BCUT2D eigenvalue weighted by atomic mass is 35.5. The number of likely N-dealkylation sites (tertiary alicyclic amines) is 1. The molecule has 24 heavy (non-hydrogen) atoms. The lowest BCUT2D eigenvalue weighted by molar-refractivity contribution is -0.384. The number of carbonyl (C=O) groups is 1. The van der Waals surface area contributed by atoms with Gasteiger partial charge in [0.05, 0.1) is 4.92 Å². The molecular weight excluding hydrogens is 332 g/mol. The number of halogens is 1. The van der Waals surface area contributed by atoms with Gasteiger partial charge in [0.1, 0.15) is 5.69 Å².